The van der Waals surface area contributed by atoms with Crippen molar-refractivity contribution < 1.29 is 25.8 Å². The molecule has 0 atom stereocenters. The van der Waals surface area contributed by atoms with Gasteiger partial charge in [-0.1, -0.05) is 31.4 Å². The normalized spacial score (nSPS) is 17.6. The highest BCUT2D eigenvalue weighted by atomic mass is 32.2. The molecule has 0 heterocycles. The van der Waals surface area contributed by atoms with Crippen LogP contribution in [0, 0.1) is 0 Å². The Morgan fingerprint density at radius 1 is 1.18 bits per heavy atom. The third-order valence-corrected chi connectivity index (χ3v) is 4.45. The summed E-state index contributed by atoms with van der Waals surface area (Å²) in [6, 6.07) is 4.00. The molecule has 0 amide bonds. The molecule has 1 aromatic rings. The van der Waals surface area contributed by atoms with Gasteiger partial charge in [0.15, 0.2) is 0 Å². The van der Waals surface area contributed by atoms with Gasteiger partial charge in [0.05, 0.1) is 18.4 Å². The lowest BCUT2D eigenvalue weighted by atomic mass is 9.81. The molecular formula is C15H19F3O3S. The van der Waals surface area contributed by atoms with Gasteiger partial charge in [0.2, 0.25) is 0 Å². The van der Waals surface area contributed by atoms with Crippen molar-refractivity contribution in [1.82, 2.24) is 0 Å². The summed E-state index contributed by atoms with van der Waals surface area (Å²) < 4.78 is 66.4. The van der Waals surface area contributed by atoms with Gasteiger partial charge >= 0.3 is 6.18 Å². The average Bonchev–Trinajstić information content (AvgIpc) is 2.44. The lowest BCUT2D eigenvalue weighted by molar-refractivity contribution is -0.138. The number of hydrogen-bond donors (Lipinski definition) is 0. The zero-order valence-corrected chi connectivity index (χ0v) is 13.1. The fourth-order valence-electron chi connectivity index (χ4n) is 2.88. The van der Waals surface area contributed by atoms with E-state index in [2.05, 4.69) is 4.18 Å². The third kappa shape index (κ3) is 4.71. The number of halogens is 3. The van der Waals surface area contributed by atoms with Crippen molar-refractivity contribution in [3.63, 3.8) is 0 Å². The first-order chi connectivity index (χ1) is 10.2. The third-order valence-electron chi connectivity index (χ3n) is 3.91. The molecule has 22 heavy (non-hydrogen) atoms. The van der Waals surface area contributed by atoms with Crippen molar-refractivity contribution >= 4 is 10.1 Å². The summed E-state index contributed by atoms with van der Waals surface area (Å²) in [5.74, 6) is -0.0738. The number of rotatable bonds is 4. The molecule has 0 saturated heterocycles. The first-order valence-corrected chi connectivity index (χ1v) is 9.03. The summed E-state index contributed by atoms with van der Waals surface area (Å²) >= 11 is 0. The van der Waals surface area contributed by atoms with E-state index >= 15 is 0 Å². The van der Waals surface area contributed by atoms with E-state index in [1.165, 1.54) is 12.1 Å². The Morgan fingerprint density at radius 3 is 2.36 bits per heavy atom. The molecule has 1 aliphatic rings. The van der Waals surface area contributed by atoms with Crippen LogP contribution in [0.2, 0.25) is 0 Å². The standard InChI is InChI=1S/C15H19F3O3S/c1-22(19,20)21-10-11-7-8-13(12-5-3-2-4-6-12)14(9-11)15(16,17)18/h7-9,12H,2-6,10H2,1H3. The van der Waals surface area contributed by atoms with Crippen LogP contribution in [0.4, 0.5) is 13.2 Å². The quantitative estimate of drug-likeness (QED) is 0.773. The Labute approximate surface area is 128 Å². The summed E-state index contributed by atoms with van der Waals surface area (Å²) in [7, 11) is -3.68. The van der Waals surface area contributed by atoms with Crippen molar-refractivity contribution in [2.75, 3.05) is 6.26 Å². The predicted octanol–water partition coefficient (Wildman–Crippen LogP) is 4.23. The van der Waals surface area contributed by atoms with Crippen LogP contribution in [-0.2, 0) is 27.1 Å². The minimum atomic E-state index is -4.45. The number of alkyl halides is 3. The van der Waals surface area contributed by atoms with Crippen LogP contribution >= 0.6 is 0 Å². The van der Waals surface area contributed by atoms with E-state index in [4.69, 9.17) is 0 Å². The van der Waals surface area contributed by atoms with Crippen molar-refractivity contribution in [1.29, 1.82) is 0 Å². The monoisotopic (exact) mass is 336 g/mol. The minimum absolute atomic E-state index is 0.0738. The van der Waals surface area contributed by atoms with Crippen LogP contribution in [0.3, 0.4) is 0 Å². The molecule has 1 fully saturated rings. The lowest BCUT2D eigenvalue weighted by Gasteiger charge is -2.25. The molecule has 124 valence electrons. The smallest absolute Gasteiger partial charge is 0.265 e. The largest absolute Gasteiger partial charge is 0.416 e. The molecule has 0 bridgehead atoms. The average molecular weight is 336 g/mol. The molecule has 2 rings (SSSR count). The molecule has 0 unspecified atom stereocenters. The zero-order valence-electron chi connectivity index (χ0n) is 12.3. The highest BCUT2D eigenvalue weighted by Gasteiger charge is 2.35. The fourth-order valence-corrected chi connectivity index (χ4v) is 3.23. The summed E-state index contributed by atoms with van der Waals surface area (Å²) in [4.78, 5) is 0. The lowest BCUT2D eigenvalue weighted by Crippen LogP contribution is -2.15. The van der Waals surface area contributed by atoms with E-state index in [0.717, 1.165) is 44.4 Å². The second-order valence-corrected chi connectivity index (χ2v) is 7.36. The Bertz CT molecular complexity index is 617. The Morgan fingerprint density at radius 2 is 1.82 bits per heavy atom. The maximum absolute atomic E-state index is 13.3. The molecule has 0 N–H and O–H groups in total. The van der Waals surface area contributed by atoms with Gasteiger partial charge in [-0.2, -0.15) is 21.6 Å². The van der Waals surface area contributed by atoms with Gasteiger partial charge in [-0.25, -0.2) is 0 Å². The van der Waals surface area contributed by atoms with E-state index in [1.807, 2.05) is 0 Å². The molecule has 1 aliphatic carbocycles. The summed E-state index contributed by atoms with van der Waals surface area (Å²) in [6.07, 6.45) is 0.909. The molecule has 0 spiro atoms. The summed E-state index contributed by atoms with van der Waals surface area (Å²) in [5, 5.41) is 0. The maximum atomic E-state index is 13.3. The molecule has 1 aromatic carbocycles. The second-order valence-electron chi connectivity index (χ2n) is 5.72. The van der Waals surface area contributed by atoms with Gasteiger partial charge in [-0.3, -0.25) is 4.18 Å². The maximum Gasteiger partial charge on any atom is 0.416 e. The first-order valence-electron chi connectivity index (χ1n) is 7.21. The zero-order chi connectivity index (χ0) is 16.4. The molecule has 3 nitrogen and oxygen atoms in total. The summed E-state index contributed by atoms with van der Waals surface area (Å²) in [6.45, 7) is -0.382. The Kier molecular flexibility index (Phi) is 5.17. The van der Waals surface area contributed by atoms with Gasteiger partial charge in [-0.05, 0) is 36.0 Å². The molecule has 1 saturated carbocycles. The van der Waals surface area contributed by atoms with Gasteiger partial charge in [-0.15, -0.1) is 0 Å². The van der Waals surface area contributed by atoms with Crippen LogP contribution in [0.15, 0.2) is 18.2 Å². The van der Waals surface area contributed by atoms with Gasteiger partial charge < -0.3 is 0 Å². The first kappa shape index (κ1) is 17.3. The van der Waals surface area contributed by atoms with Crippen LogP contribution in [0.1, 0.15) is 54.7 Å². The molecule has 0 aromatic heterocycles. The fraction of sp³-hybridized carbons (Fsp3) is 0.600. The Balaban J connectivity index is 2.30. The van der Waals surface area contributed by atoms with Crippen molar-refractivity contribution in [3.8, 4) is 0 Å². The topological polar surface area (TPSA) is 43.4 Å². The minimum Gasteiger partial charge on any atom is -0.265 e. The van der Waals surface area contributed by atoms with Crippen LogP contribution in [0.5, 0.6) is 0 Å². The second kappa shape index (κ2) is 6.58. The highest BCUT2D eigenvalue weighted by Crippen LogP contribution is 2.41. The Hall–Kier alpha value is -1.08. The molecule has 0 radical (unpaired) electrons. The van der Waals surface area contributed by atoms with Crippen LogP contribution in [0.25, 0.3) is 0 Å². The summed E-state index contributed by atoms with van der Waals surface area (Å²) in [5.41, 5.74) is -0.151. The predicted molar refractivity (Wildman–Crippen MR) is 76.9 cm³/mol. The van der Waals surface area contributed by atoms with E-state index in [9.17, 15) is 21.6 Å². The van der Waals surface area contributed by atoms with Crippen LogP contribution in [-0.4, -0.2) is 14.7 Å². The van der Waals surface area contributed by atoms with Crippen molar-refractivity contribution in [2.24, 2.45) is 0 Å². The van der Waals surface area contributed by atoms with E-state index in [0.29, 0.717) is 5.56 Å². The molecule has 0 aliphatic heterocycles. The van der Waals surface area contributed by atoms with Crippen LogP contribution < -0.4 is 0 Å². The highest BCUT2D eigenvalue weighted by molar-refractivity contribution is 7.85. The van der Waals surface area contributed by atoms with Gasteiger partial charge in [0.1, 0.15) is 0 Å². The molecule has 7 heteroatoms. The number of benzene rings is 1. The van der Waals surface area contributed by atoms with E-state index in [-0.39, 0.29) is 18.1 Å². The van der Waals surface area contributed by atoms with Gasteiger partial charge in [0, 0.05) is 0 Å². The SMILES string of the molecule is CS(=O)(=O)OCc1ccc(C2CCCCC2)c(C(F)(F)F)c1. The van der Waals surface area contributed by atoms with Crippen molar-refractivity contribution in [2.45, 2.75) is 50.8 Å². The molecular weight excluding hydrogens is 317 g/mol. The number of hydrogen-bond acceptors (Lipinski definition) is 3. The van der Waals surface area contributed by atoms with Gasteiger partial charge in [0.25, 0.3) is 10.1 Å². The van der Waals surface area contributed by atoms with Crippen molar-refractivity contribution in [3.05, 3.63) is 34.9 Å². The van der Waals surface area contributed by atoms with E-state index < -0.39 is 21.9 Å². The van der Waals surface area contributed by atoms with E-state index in [1.54, 1.807) is 0 Å².